The third kappa shape index (κ3) is 6.77. The molecule has 0 saturated carbocycles. The quantitative estimate of drug-likeness (QED) is 0.777. The summed E-state index contributed by atoms with van der Waals surface area (Å²) in [6.45, 7) is 11.2. The number of hydrogen-bond acceptors (Lipinski definition) is 3. The van der Waals surface area contributed by atoms with Gasteiger partial charge >= 0.3 is 0 Å². The van der Waals surface area contributed by atoms with Crippen molar-refractivity contribution >= 4 is 11.8 Å². The summed E-state index contributed by atoms with van der Waals surface area (Å²) in [7, 11) is 0. The van der Waals surface area contributed by atoms with E-state index in [2.05, 4.69) is 50.1 Å². The van der Waals surface area contributed by atoms with Gasteiger partial charge in [-0.1, -0.05) is 6.42 Å². The molecule has 0 amide bonds. The molecule has 1 saturated heterocycles. The first-order valence-electron chi connectivity index (χ1n) is 6.57. The molecule has 1 heterocycles. The lowest BCUT2D eigenvalue weighted by Gasteiger charge is -2.26. The van der Waals surface area contributed by atoms with Gasteiger partial charge in [-0.15, -0.1) is 0 Å². The van der Waals surface area contributed by atoms with Crippen molar-refractivity contribution in [1.82, 2.24) is 10.6 Å². The van der Waals surface area contributed by atoms with Crippen molar-refractivity contribution in [3.05, 3.63) is 0 Å². The van der Waals surface area contributed by atoms with Gasteiger partial charge in [0.15, 0.2) is 0 Å². The molecule has 0 aromatic rings. The van der Waals surface area contributed by atoms with Gasteiger partial charge < -0.3 is 10.6 Å². The Balaban J connectivity index is 2.07. The molecule has 1 aliphatic rings. The summed E-state index contributed by atoms with van der Waals surface area (Å²) in [5, 5.41) is 8.03. The largest absolute Gasteiger partial charge is 0.312 e. The summed E-state index contributed by atoms with van der Waals surface area (Å²) >= 11 is 2.15. The third-order valence-corrected chi connectivity index (χ3v) is 4.30. The normalized spacial score (nSPS) is 24.4. The van der Waals surface area contributed by atoms with E-state index < -0.39 is 0 Å². The first-order chi connectivity index (χ1) is 7.47. The van der Waals surface area contributed by atoms with Crippen molar-refractivity contribution < 1.29 is 0 Å². The van der Waals surface area contributed by atoms with Gasteiger partial charge in [-0.05, 0) is 46.3 Å². The highest BCUT2D eigenvalue weighted by Gasteiger charge is 2.15. The van der Waals surface area contributed by atoms with Gasteiger partial charge in [-0.2, -0.15) is 11.8 Å². The first kappa shape index (κ1) is 14.3. The molecule has 0 radical (unpaired) electrons. The van der Waals surface area contributed by atoms with Crippen LogP contribution in [-0.4, -0.2) is 35.7 Å². The Labute approximate surface area is 105 Å². The van der Waals surface area contributed by atoms with E-state index in [4.69, 9.17) is 0 Å². The smallest absolute Gasteiger partial charge is 0.0172 e. The maximum absolute atomic E-state index is 3.64. The summed E-state index contributed by atoms with van der Waals surface area (Å²) in [5.41, 5.74) is 0.232. The lowest BCUT2D eigenvalue weighted by Crippen LogP contribution is -2.46. The van der Waals surface area contributed by atoms with E-state index in [9.17, 15) is 0 Å². The Bertz CT molecular complexity index is 183. The fourth-order valence-electron chi connectivity index (χ4n) is 1.83. The molecule has 2 nitrogen and oxygen atoms in total. The predicted molar refractivity (Wildman–Crippen MR) is 75.3 cm³/mol. The van der Waals surface area contributed by atoms with E-state index in [-0.39, 0.29) is 5.54 Å². The minimum Gasteiger partial charge on any atom is -0.312 e. The molecule has 2 N–H and O–H groups in total. The highest BCUT2D eigenvalue weighted by Crippen LogP contribution is 2.24. The lowest BCUT2D eigenvalue weighted by atomic mass is 10.1. The summed E-state index contributed by atoms with van der Waals surface area (Å²) in [6.07, 6.45) is 4.24. The van der Waals surface area contributed by atoms with Crippen LogP contribution in [0.2, 0.25) is 0 Å². The van der Waals surface area contributed by atoms with Crippen LogP contribution in [0.1, 0.15) is 47.0 Å². The van der Waals surface area contributed by atoms with Crippen molar-refractivity contribution in [2.24, 2.45) is 0 Å². The van der Waals surface area contributed by atoms with Gasteiger partial charge in [0.2, 0.25) is 0 Å². The fraction of sp³-hybridized carbons (Fsp3) is 1.00. The number of hydrogen-bond donors (Lipinski definition) is 2. The van der Waals surface area contributed by atoms with Crippen LogP contribution < -0.4 is 10.6 Å². The molecule has 1 aliphatic heterocycles. The summed E-state index contributed by atoms with van der Waals surface area (Å²) < 4.78 is 0. The van der Waals surface area contributed by atoms with Crippen LogP contribution in [0.3, 0.4) is 0 Å². The fourth-order valence-corrected chi connectivity index (χ4v) is 3.08. The molecule has 1 rings (SSSR count). The molecule has 0 aromatic carbocycles. The van der Waals surface area contributed by atoms with Crippen molar-refractivity contribution in [3.8, 4) is 0 Å². The second-order valence-corrected chi connectivity index (χ2v) is 7.34. The third-order valence-electron chi connectivity index (χ3n) is 2.91. The standard InChI is InChI=1S/C13H28N2S/c1-11(9-15-13(2,3)4)14-10-12-7-5-6-8-16-12/h11-12,14-15H,5-10H2,1-4H3. The maximum atomic E-state index is 3.64. The first-order valence-corrected chi connectivity index (χ1v) is 7.62. The zero-order valence-corrected chi connectivity index (χ0v) is 12.1. The zero-order chi connectivity index (χ0) is 12.0. The Kier molecular flexibility index (Phi) is 6.16. The van der Waals surface area contributed by atoms with Gasteiger partial charge in [0, 0.05) is 29.9 Å². The monoisotopic (exact) mass is 244 g/mol. The van der Waals surface area contributed by atoms with E-state index in [1.165, 1.54) is 31.6 Å². The second kappa shape index (κ2) is 6.87. The van der Waals surface area contributed by atoms with Gasteiger partial charge in [0.05, 0.1) is 0 Å². The van der Waals surface area contributed by atoms with Crippen molar-refractivity contribution in [2.45, 2.75) is 63.8 Å². The highest BCUT2D eigenvalue weighted by molar-refractivity contribution is 7.99. The maximum Gasteiger partial charge on any atom is 0.0172 e. The molecule has 2 atom stereocenters. The minimum absolute atomic E-state index is 0.232. The van der Waals surface area contributed by atoms with Crippen molar-refractivity contribution in [3.63, 3.8) is 0 Å². The lowest BCUT2D eigenvalue weighted by molar-refractivity contribution is 0.386. The van der Waals surface area contributed by atoms with E-state index in [1.807, 2.05) is 0 Å². The molecular formula is C13H28N2S. The topological polar surface area (TPSA) is 24.1 Å². The second-order valence-electron chi connectivity index (χ2n) is 5.93. The van der Waals surface area contributed by atoms with Crippen molar-refractivity contribution in [2.75, 3.05) is 18.8 Å². The van der Waals surface area contributed by atoms with Gasteiger partial charge in [0.1, 0.15) is 0 Å². The number of nitrogens with one attached hydrogen (secondary N) is 2. The SMILES string of the molecule is CC(CNC(C)(C)C)NCC1CCCCS1. The molecule has 0 bridgehead atoms. The Hall–Kier alpha value is 0.270. The summed E-state index contributed by atoms with van der Waals surface area (Å²) in [6, 6.07) is 0.571. The molecular weight excluding hydrogens is 216 g/mol. The van der Waals surface area contributed by atoms with Gasteiger partial charge in [-0.3, -0.25) is 0 Å². The average molecular weight is 244 g/mol. The van der Waals surface area contributed by atoms with Crippen LogP contribution in [0.15, 0.2) is 0 Å². The molecule has 0 aliphatic carbocycles. The van der Waals surface area contributed by atoms with E-state index >= 15 is 0 Å². The molecule has 0 aromatic heterocycles. The predicted octanol–water partition coefficient (Wildman–Crippen LogP) is 2.64. The molecule has 2 unspecified atom stereocenters. The molecule has 3 heteroatoms. The number of rotatable bonds is 5. The van der Waals surface area contributed by atoms with Gasteiger partial charge in [0.25, 0.3) is 0 Å². The van der Waals surface area contributed by atoms with E-state index in [0.717, 1.165) is 11.8 Å². The van der Waals surface area contributed by atoms with E-state index in [0.29, 0.717) is 6.04 Å². The Morgan fingerprint density at radius 3 is 2.62 bits per heavy atom. The summed E-state index contributed by atoms with van der Waals surface area (Å²) in [5.74, 6) is 1.36. The van der Waals surface area contributed by atoms with Crippen LogP contribution in [0.5, 0.6) is 0 Å². The molecule has 1 fully saturated rings. The van der Waals surface area contributed by atoms with Crippen LogP contribution >= 0.6 is 11.8 Å². The Morgan fingerprint density at radius 2 is 2.06 bits per heavy atom. The van der Waals surface area contributed by atoms with Crippen LogP contribution in [0.4, 0.5) is 0 Å². The molecule has 0 spiro atoms. The van der Waals surface area contributed by atoms with Crippen LogP contribution in [0.25, 0.3) is 0 Å². The van der Waals surface area contributed by atoms with Crippen LogP contribution in [-0.2, 0) is 0 Å². The highest BCUT2D eigenvalue weighted by atomic mass is 32.2. The number of thioether (sulfide) groups is 1. The van der Waals surface area contributed by atoms with Crippen LogP contribution in [0, 0.1) is 0 Å². The molecule has 96 valence electrons. The van der Waals surface area contributed by atoms with Gasteiger partial charge in [-0.25, -0.2) is 0 Å². The average Bonchev–Trinajstić information content (AvgIpc) is 2.24. The minimum atomic E-state index is 0.232. The van der Waals surface area contributed by atoms with Crippen molar-refractivity contribution in [1.29, 1.82) is 0 Å². The molecule has 16 heavy (non-hydrogen) atoms. The summed E-state index contributed by atoms with van der Waals surface area (Å²) in [4.78, 5) is 0. The zero-order valence-electron chi connectivity index (χ0n) is 11.3. The Morgan fingerprint density at radius 1 is 1.31 bits per heavy atom. The van der Waals surface area contributed by atoms with E-state index in [1.54, 1.807) is 0 Å².